The van der Waals surface area contributed by atoms with Gasteiger partial charge in [0.1, 0.15) is 11.2 Å². The molecule has 9 heteroatoms. The predicted molar refractivity (Wildman–Crippen MR) is 88.2 cm³/mol. The second-order valence-electron chi connectivity index (χ2n) is 5.93. The average Bonchev–Trinajstić information content (AvgIpc) is 3.34. The third-order valence-corrected chi connectivity index (χ3v) is 5.11. The van der Waals surface area contributed by atoms with Gasteiger partial charge in [0, 0.05) is 19.3 Å². The van der Waals surface area contributed by atoms with E-state index >= 15 is 0 Å². The summed E-state index contributed by atoms with van der Waals surface area (Å²) in [5, 5.41) is 17.5. The molecule has 0 bridgehead atoms. The normalized spacial score (nSPS) is 18.0. The minimum absolute atomic E-state index is 0.0316. The van der Waals surface area contributed by atoms with E-state index in [1.54, 1.807) is 0 Å². The van der Waals surface area contributed by atoms with E-state index in [0.29, 0.717) is 11.4 Å². The van der Waals surface area contributed by atoms with Crippen molar-refractivity contribution in [1.29, 1.82) is 0 Å². The van der Waals surface area contributed by atoms with Crippen molar-refractivity contribution in [3.05, 3.63) is 40.6 Å². The summed E-state index contributed by atoms with van der Waals surface area (Å²) >= 11 is 1.42. The van der Waals surface area contributed by atoms with Gasteiger partial charge in [-0.15, -0.1) is 16.4 Å². The Balaban J connectivity index is 1.56. The summed E-state index contributed by atoms with van der Waals surface area (Å²) in [5.74, 6) is 0.0316. The topological polar surface area (TPSA) is 81.7 Å². The lowest BCUT2D eigenvalue weighted by Crippen LogP contribution is -2.40. The minimum atomic E-state index is 0.0316. The Bertz CT molecular complexity index is 838. The van der Waals surface area contributed by atoms with Crippen LogP contribution in [0.4, 0.5) is 0 Å². The van der Waals surface area contributed by atoms with Crippen LogP contribution in [0.2, 0.25) is 0 Å². The summed E-state index contributed by atoms with van der Waals surface area (Å²) in [6, 6.07) is 2.10. The third-order valence-electron chi connectivity index (χ3n) is 4.22. The summed E-state index contributed by atoms with van der Waals surface area (Å²) in [5.41, 5.74) is 1.87. The number of carbonyl (C=O) groups is 1. The van der Waals surface area contributed by atoms with Crippen molar-refractivity contribution in [2.45, 2.75) is 25.8 Å². The van der Waals surface area contributed by atoms with Crippen LogP contribution in [-0.4, -0.2) is 53.9 Å². The van der Waals surface area contributed by atoms with Crippen molar-refractivity contribution in [2.24, 2.45) is 0 Å². The van der Waals surface area contributed by atoms with Gasteiger partial charge in [0.25, 0.3) is 5.91 Å². The predicted octanol–water partition coefficient (Wildman–Crippen LogP) is 1.71. The van der Waals surface area contributed by atoms with E-state index in [2.05, 4.69) is 20.6 Å². The summed E-state index contributed by atoms with van der Waals surface area (Å²) in [6.07, 6.45) is 7.41. The maximum atomic E-state index is 13.0. The molecular formula is C15H17N7OS. The van der Waals surface area contributed by atoms with Gasteiger partial charge in [-0.1, -0.05) is 0 Å². The summed E-state index contributed by atoms with van der Waals surface area (Å²) < 4.78 is 3.51. The smallest absolute Gasteiger partial charge is 0.266 e. The first-order chi connectivity index (χ1) is 11.7. The van der Waals surface area contributed by atoms with Crippen LogP contribution in [0.1, 0.15) is 34.1 Å². The van der Waals surface area contributed by atoms with Crippen LogP contribution in [0.15, 0.2) is 30.2 Å². The van der Waals surface area contributed by atoms with Gasteiger partial charge in [-0.3, -0.25) is 9.48 Å². The van der Waals surface area contributed by atoms with Crippen LogP contribution in [-0.2, 0) is 0 Å². The molecule has 1 saturated heterocycles. The lowest BCUT2D eigenvalue weighted by molar-refractivity contribution is 0.0677. The summed E-state index contributed by atoms with van der Waals surface area (Å²) in [7, 11) is 0. The van der Waals surface area contributed by atoms with Crippen LogP contribution in [0.5, 0.6) is 0 Å². The molecule has 0 saturated carbocycles. The van der Waals surface area contributed by atoms with Gasteiger partial charge in [-0.2, -0.15) is 9.78 Å². The van der Waals surface area contributed by atoms with Crippen LogP contribution < -0.4 is 0 Å². The number of thiophene rings is 1. The SMILES string of the molecule is Cc1cnn([C@@H]2CCCN(C(=O)c3sccc3-n3cnnn3)C2)c1. The molecule has 1 atom stereocenters. The lowest BCUT2D eigenvalue weighted by Gasteiger charge is -2.32. The van der Waals surface area contributed by atoms with Gasteiger partial charge in [-0.05, 0) is 47.2 Å². The molecule has 1 aliphatic rings. The molecule has 0 unspecified atom stereocenters. The molecule has 1 amide bonds. The van der Waals surface area contributed by atoms with E-state index in [9.17, 15) is 4.79 Å². The van der Waals surface area contributed by atoms with Gasteiger partial charge in [0.05, 0.1) is 17.9 Å². The fraction of sp³-hybridized carbons (Fsp3) is 0.400. The molecular weight excluding hydrogens is 326 g/mol. The highest BCUT2D eigenvalue weighted by Crippen LogP contribution is 2.26. The molecule has 3 aromatic heterocycles. The van der Waals surface area contributed by atoms with Crippen molar-refractivity contribution >= 4 is 17.2 Å². The Labute approximate surface area is 142 Å². The van der Waals surface area contributed by atoms with Gasteiger partial charge < -0.3 is 4.90 Å². The van der Waals surface area contributed by atoms with E-state index in [4.69, 9.17) is 0 Å². The third kappa shape index (κ3) is 2.71. The number of tetrazole rings is 1. The molecule has 124 valence electrons. The first-order valence-electron chi connectivity index (χ1n) is 7.83. The maximum absolute atomic E-state index is 13.0. The molecule has 0 aromatic carbocycles. The zero-order valence-corrected chi connectivity index (χ0v) is 14.1. The average molecular weight is 343 g/mol. The van der Waals surface area contributed by atoms with E-state index in [1.165, 1.54) is 22.3 Å². The van der Waals surface area contributed by atoms with Crippen molar-refractivity contribution in [3.8, 4) is 5.69 Å². The zero-order valence-electron chi connectivity index (χ0n) is 13.2. The number of hydrogen-bond donors (Lipinski definition) is 0. The lowest BCUT2D eigenvalue weighted by atomic mass is 10.1. The number of nitrogens with zero attached hydrogens (tertiary/aromatic N) is 7. The van der Waals surface area contributed by atoms with Crippen LogP contribution >= 0.6 is 11.3 Å². The fourth-order valence-electron chi connectivity index (χ4n) is 3.05. The number of amides is 1. The number of rotatable bonds is 3. The number of carbonyl (C=O) groups excluding carboxylic acids is 1. The van der Waals surface area contributed by atoms with E-state index < -0.39 is 0 Å². The number of hydrogen-bond acceptors (Lipinski definition) is 6. The fourth-order valence-corrected chi connectivity index (χ4v) is 3.89. The van der Waals surface area contributed by atoms with Crippen molar-refractivity contribution < 1.29 is 4.79 Å². The second-order valence-corrected chi connectivity index (χ2v) is 6.85. The monoisotopic (exact) mass is 343 g/mol. The number of piperidine rings is 1. The molecule has 4 heterocycles. The molecule has 0 radical (unpaired) electrons. The highest BCUT2D eigenvalue weighted by Gasteiger charge is 2.28. The number of likely N-dealkylation sites (tertiary alicyclic amines) is 1. The molecule has 8 nitrogen and oxygen atoms in total. The van der Waals surface area contributed by atoms with Gasteiger partial charge in [-0.25, -0.2) is 0 Å². The second kappa shape index (κ2) is 6.16. The number of aromatic nitrogens is 6. The molecule has 0 N–H and O–H groups in total. The Kier molecular flexibility index (Phi) is 3.85. The van der Waals surface area contributed by atoms with Crippen LogP contribution in [0.3, 0.4) is 0 Å². The highest BCUT2D eigenvalue weighted by molar-refractivity contribution is 7.12. The van der Waals surface area contributed by atoms with E-state index in [1.807, 2.05) is 40.3 Å². The van der Waals surface area contributed by atoms with Crippen molar-refractivity contribution in [2.75, 3.05) is 13.1 Å². The molecule has 1 fully saturated rings. The highest BCUT2D eigenvalue weighted by atomic mass is 32.1. The molecule has 1 aliphatic heterocycles. The summed E-state index contributed by atoms with van der Waals surface area (Å²) in [4.78, 5) is 15.6. The van der Waals surface area contributed by atoms with Gasteiger partial charge in [0.15, 0.2) is 0 Å². The molecule has 3 aromatic rings. The van der Waals surface area contributed by atoms with E-state index in [-0.39, 0.29) is 11.9 Å². The maximum Gasteiger partial charge on any atom is 0.266 e. The van der Waals surface area contributed by atoms with Crippen LogP contribution in [0.25, 0.3) is 5.69 Å². The standard InChI is InChI=1S/C15H17N7OS/c1-11-7-17-21(8-11)12-3-2-5-20(9-12)15(23)14-13(4-6-24-14)22-10-16-18-19-22/h4,6-8,10,12H,2-3,5,9H2,1H3/t12-/m1/s1. The molecule has 4 rings (SSSR count). The Morgan fingerprint density at radius 3 is 3.08 bits per heavy atom. The van der Waals surface area contributed by atoms with Crippen molar-refractivity contribution in [3.63, 3.8) is 0 Å². The Hall–Kier alpha value is -2.55. The summed E-state index contributed by atoms with van der Waals surface area (Å²) in [6.45, 7) is 3.47. The molecule has 24 heavy (non-hydrogen) atoms. The Morgan fingerprint density at radius 2 is 2.33 bits per heavy atom. The quantitative estimate of drug-likeness (QED) is 0.723. The molecule has 0 aliphatic carbocycles. The minimum Gasteiger partial charge on any atom is -0.336 e. The van der Waals surface area contributed by atoms with Crippen LogP contribution in [0, 0.1) is 6.92 Å². The van der Waals surface area contributed by atoms with Gasteiger partial charge >= 0.3 is 0 Å². The first kappa shape index (κ1) is 15.0. The largest absolute Gasteiger partial charge is 0.336 e. The molecule has 0 spiro atoms. The Morgan fingerprint density at radius 1 is 1.42 bits per heavy atom. The number of aryl methyl sites for hydroxylation is 1. The zero-order chi connectivity index (χ0) is 16.5. The van der Waals surface area contributed by atoms with E-state index in [0.717, 1.165) is 30.6 Å². The first-order valence-corrected chi connectivity index (χ1v) is 8.71. The van der Waals surface area contributed by atoms with Gasteiger partial charge in [0.2, 0.25) is 0 Å². The van der Waals surface area contributed by atoms with Crippen molar-refractivity contribution in [1.82, 2.24) is 34.9 Å².